The number of amides is 3. The molecule has 2 bridgehead atoms. The van der Waals surface area contributed by atoms with Crippen LogP contribution in [0.1, 0.15) is 37.3 Å². The number of ether oxygens (including phenoxy) is 1. The number of esters is 1. The molecule has 36 heavy (non-hydrogen) atoms. The van der Waals surface area contributed by atoms with Crippen LogP contribution in [0.4, 0.5) is 5.69 Å². The Morgan fingerprint density at radius 1 is 1.06 bits per heavy atom. The van der Waals surface area contributed by atoms with Crippen molar-refractivity contribution < 1.29 is 23.9 Å². The summed E-state index contributed by atoms with van der Waals surface area (Å²) in [5.74, 6) is -1.95. The molecule has 3 fully saturated rings. The van der Waals surface area contributed by atoms with Gasteiger partial charge >= 0.3 is 5.97 Å². The zero-order chi connectivity index (χ0) is 25.4. The topological polar surface area (TPSA) is 92.8 Å². The van der Waals surface area contributed by atoms with Gasteiger partial charge in [0, 0.05) is 16.6 Å². The largest absolute Gasteiger partial charge is 0.454 e. The summed E-state index contributed by atoms with van der Waals surface area (Å²) in [5.41, 5.74) is 2.41. The Kier molecular flexibility index (Phi) is 6.97. The number of hydrogen-bond donors (Lipinski definition) is 1. The van der Waals surface area contributed by atoms with Crippen molar-refractivity contribution in [2.45, 2.75) is 45.1 Å². The first-order valence-electron chi connectivity index (χ1n) is 12.5. The second-order valence-corrected chi connectivity index (χ2v) is 10.9. The molecule has 1 aliphatic heterocycles. The fourth-order valence-electron chi connectivity index (χ4n) is 6.25. The van der Waals surface area contributed by atoms with E-state index in [0.29, 0.717) is 5.69 Å². The standard InChI is InChI=1S/C28H29BrN2O5/c1-2-17-14-20(29)10-11-21(17)30-23(32)15-36-28(35)22(12-16-6-4-3-5-7-16)31-26(33)24-18-8-9-19(13-18)25(24)27(31)34/h3-7,10-11,14,18-19,22,24-25H,2,8-9,12-13,15H2,1H3,(H,30,32)/t18-,19-,22-,24+,25+/m0/s1. The van der Waals surface area contributed by atoms with Gasteiger partial charge < -0.3 is 10.1 Å². The number of rotatable bonds is 8. The summed E-state index contributed by atoms with van der Waals surface area (Å²) in [6.45, 7) is 1.48. The van der Waals surface area contributed by atoms with Gasteiger partial charge in [0.1, 0.15) is 6.04 Å². The lowest BCUT2D eigenvalue weighted by molar-refractivity contribution is -0.160. The van der Waals surface area contributed by atoms with Gasteiger partial charge in [-0.25, -0.2) is 4.79 Å². The lowest BCUT2D eigenvalue weighted by Crippen LogP contribution is -2.48. The Morgan fingerprint density at radius 3 is 2.36 bits per heavy atom. The van der Waals surface area contributed by atoms with Crippen LogP contribution in [-0.4, -0.2) is 41.2 Å². The van der Waals surface area contributed by atoms with Crippen molar-refractivity contribution in [3.63, 3.8) is 0 Å². The number of aryl methyl sites for hydroxylation is 1. The number of benzene rings is 2. The van der Waals surface area contributed by atoms with Crippen LogP contribution in [-0.2, 0) is 36.8 Å². The second kappa shape index (κ2) is 10.2. The predicted molar refractivity (Wildman–Crippen MR) is 137 cm³/mol. The Morgan fingerprint density at radius 2 is 1.72 bits per heavy atom. The number of likely N-dealkylation sites (tertiary alicyclic amines) is 1. The van der Waals surface area contributed by atoms with Gasteiger partial charge in [-0.1, -0.05) is 53.2 Å². The summed E-state index contributed by atoms with van der Waals surface area (Å²) in [6.07, 6.45) is 3.72. The van der Waals surface area contributed by atoms with Crippen LogP contribution in [0.2, 0.25) is 0 Å². The fraction of sp³-hybridized carbons (Fsp3) is 0.429. The first-order valence-corrected chi connectivity index (χ1v) is 13.3. The molecule has 1 heterocycles. The summed E-state index contributed by atoms with van der Waals surface area (Å²) in [4.78, 5) is 53.9. The lowest BCUT2D eigenvalue weighted by Gasteiger charge is -2.26. The number of anilines is 1. The molecule has 3 aliphatic rings. The van der Waals surface area contributed by atoms with E-state index in [-0.39, 0.29) is 41.9 Å². The molecule has 188 valence electrons. The minimum atomic E-state index is -1.09. The molecule has 0 radical (unpaired) electrons. The van der Waals surface area contributed by atoms with Crippen molar-refractivity contribution in [3.8, 4) is 0 Å². The SMILES string of the molecule is CCc1cc(Br)ccc1NC(=O)COC(=O)[C@H](Cc1ccccc1)N1C(=O)[C@@H]2[C@H]3CC[C@@H](C3)[C@H]2C1=O. The molecule has 2 aliphatic carbocycles. The number of imide groups is 1. The highest BCUT2D eigenvalue weighted by molar-refractivity contribution is 9.10. The van der Waals surface area contributed by atoms with Crippen LogP contribution in [0.5, 0.6) is 0 Å². The number of hydrogen-bond acceptors (Lipinski definition) is 5. The minimum absolute atomic E-state index is 0.153. The fourth-order valence-corrected chi connectivity index (χ4v) is 6.66. The van der Waals surface area contributed by atoms with Gasteiger partial charge in [-0.3, -0.25) is 19.3 Å². The Balaban J connectivity index is 1.31. The van der Waals surface area contributed by atoms with Crippen molar-refractivity contribution in [3.05, 3.63) is 64.1 Å². The summed E-state index contributed by atoms with van der Waals surface area (Å²) in [7, 11) is 0. The van der Waals surface area contributed by atoms with Crippen LogP contribution in [0.3, 0.4) is 0 Å². The third kappa shape index (κ3) is 4.59. The van der Waals surface area contributed by atoms with Gasteiger partial charge in [-0.15, -0.1) is 0 Å². The molecule has 0 unspecified atom stereocenters. The highest BCUT2D eigenvalue weighted by atomic mass is 79.9. The van der Waals surface area contributed by atoms with E-state index in [0.717, 1.165) is 46.2 Å². The van der Waals surface area contributed by atoms with Crippen LogP contribution in [0.15, 0.2) is 53.0 Å². The number of nitrogens with zero attached hydrogens (tertiary/aromatic N) is 1. The van der Waals surface area contributed by atoms with E-state index in [9.17, 15) is 19.2 Å². The van der Waals surface area contributed by atoms with Gasteiger partial charge in [0.2, 0.25) is 11.8 Å². The van der Waals surface area contributed by atoms with E-state index >= 15 is 0 Å². The third-order valence-corrected chi connectivity index (χ3v) is 8.38. The van der Waals surface area contributed by atoms with Gasteiger partial charge in [0.15, 0.2) is 6.61 Å². The summed E-state index contributed by atoms with van der Waals surface area (Å²) in [6, 6.07) is 13.7. The summed E-state index contributed by atoms with van der Waals surface area (Å²) >= 11 is 3.43. The molecule has 3 amide bonds. The van der Waals surface area contributed by atoms with Crippen LogP contribution in [0.25, 0.3) is 0 Å². The molecular formula is C28H29BrN2O5. The van der Waals surface area contributed by atoms with Gasteiger partial charge in [0.25, 0.3) is 5.91 Å². The first kappa shape index (κ1) is 24.7. The molecule has 8 heteroatoms. The molecule has 0 spiro atoms. The van der Waals surface area contributed by atoms with Crippen molar-refractivity contribution >= 4 is 45.3 Å². The van der Waals surface area contributed by atoms with Crippen molar-refractivity contribution in [1.29, 1.82) is 0 Å². The molecule has 0 aromatic heterocycles. The smallest absolute Gasteiger partial charge is 0.330 e. The van der Waals surface area contributed by atoms with E-state index in [1.165, 1.54) is 0 Å². The molecule has 2 saturated carbocycles. The van der Waals surface area contributed by atoms with Crippen molar-refractivity contribution in [1.82, 2.24) is 4.90 Å². The van der Waals surface area contributed by atoms with Gasteiger partial charge in [-0.05, 0) is 66.8 Å². The van der Waals surface area contributed by atoms with Gasteiger partial charge in [-0.2, -0.15) is 0 Å². The monoisotopic (exact) mass is 552 g/mol. The van der Waals surface area contributed by atoms with Crippen molar-refractivity contribution in [2.75, 3.05) is 11.9 Å². The first-order chi connectivity index (χ1) is 17.4. The maximum absolute atomic E-state index is 13.4. The van der Waals surface area contributed by atoms with E-state index in [1.807, 2.05) is 49.4 Å². The molecule has 5 rings (SSSR count). The highest BCUT2D eigenvalue weighted by Crippen LogP contribution is 2.56. The average molecular weight is 553 g/mol. The van der Waals surface area contributed by atoms with E-state index in [1.54, 1.807) is 6.07 Å². The van der Waals surface area contributed by atoms with E-state index in [2.05, 4.69) is 21.2 Å². The van der Waals surface area contributed by atoms with E-state index < -0.39 is 24.5 Å². The zero-order valence-electron chi connectivity index (χ0n) is 20.1. The second-order valence-electron chi connectivity index (χ2n) is 9.95. The van der Waals surface area contributed by atoms with Crippen LogP contribution in [0, 0.1) is 23.7 Å². The zero-order valence-corrected chi connectivity index (χ0v) is 21.7. The van der Waals surface area contributed by atoms with Crippen LogP contribution >= 0.6 is 15.9 Å². The quantitative estimate of drug-likeness (QED) is 0.392. The molecule has 7 nitrogen and oxygen atoms in total. The maximum atomic E-state index is 13.4. The number of carbonyl (C=O) groups is 4. The minimum Gasteiger partial charge on any atom is -0.454 e. The number of nitrogens with one attached hydrogen (secondary N) is 1. The number of fused-ring (bicyclic) bond motifs is 5. The third-order valence-electron chi connectivity index (χ3n) is 7.88. The predicted octanol–water partition coefficient (Wildman–Crippen LogP) is 4.14. The van der Waals surface area contributed by atoms with Gasteiger partial charge in [0.05, 0.1) is 11.8 Å². The number of halogens is 1. The average Bonchev–Trinajstić information content (AvgIpc) is 3.56. The summed E-state index contributed by atoms with van der Waals surface area (Å²) < 4.78 is 6.31. The number of carbonyl (C=O) groups excluding carboxylic acids is 4. The molecule has 1 N–H and O–H groups in total. The van der Waals surface area contributed by atoms with E-state index in [4.69, 9.17) is 4.74 Å². The molecule has 1 saturated heterocycles. The van der Waals surface area contributed by atoms with Crippen molar-refractivity contribution in [2.24, 2.45) is 23.7 Å². The lowest BCUT2D eigenvalue weighted by atomic mass is 9.81. The Labute approximate surface area is 218 Å². The van der Waals surface area contributed by atoms with Crippen LogP contribution < -0.4 is 5.32 Å². The molecular weight excluding hydrogens is 524 g/mol. The Bertz CT molecular complexity index is 1170. The molecule has 2 aromatic carbocycles. The highest BCUT2D eigenvalue weighted by Gasteiger charge is 2.62. The normalized spacial score (nSPS) is 25.1. The molecule has 2 aromatic rings. The molecule has 5 atom stereocenters. The Hall–Kier alpha value is -3.00. The maximum Gasteiger partial charge on any atom is 0.330 e. The summed E-state index contributed by atoms with van der Waals surface area (Å²) in [5, 5.41) is 2.79.